The molecular weight excluding hydrogens is 191 g/mol. The van der Waals surface area contributed by atoms with Crippen molar-refractivity contribution in [3.05, 3.63) is 0 Å². The number of halogens is 1. The molecule has 1 fully saturated rings. The zero-order valence-electron chi connectivity index (χ0n) is 10.7. The van der Waals surface area contributed by atoms with Crippen LogP contribution in [0.5, 0.6) is 0 Å². The topological polar surface area (TPSA) is 6.48 Å². The zero-order chi connectivity index (χ0) is 11.6. The minimum Gasteiger partial charge on any atom is -0.297 e. The van der Waals surface area contributed by atoms with Gasteiger partial charge >= 0.3 is 0 Å². The van der Waals surface area contributed by atoms with Gasteiger partial charge in [-0.1, -0.05) is 0 Å². The summed E-state index contributed by atoms with van der Waals surface area (Å²) in [5.74, 6) is 0. The highest BCUT2D eigenvalue weighted by Gasteiger charge is 2.31. The molecule has 90 valence electrons. The van der Waals surface area contributed by atoms with Gasteiger partial charge in [-0.15, -0.1) is 0 Å². The molecule has 2 atom stereocenters. The number of rotatable bonds is 2. The van der Waals surface area contributed by atoms with Crippen molar-refractivity contribution in [3.63, 3.8) is 0 Å². The van der Waals surface area contributed by atoms with Crippen LogP contribution in [0.4, 0.5) is 4.39 Å². The molecule has 0 spiro atoms. The average molecular weight is 216 g/mol. The molecule has 0 radical (unpaired) electrons. The molecule has 1 aliphatic heterocycles. The van der Waals surface area contributed by atoms with Gasteiger partial charge in [0.2, 0.25) is 0 Å². The van der Waals surface area contributed by atoms with E-state index in [4.69, 9.17) is 0 Å². The molecule has 3 heteroatoms. The van der Waals surface area contributed by atoms with Gasteiger partial charge in [0, 0.05) is 37.8 Å². The summed E-state index contributed by atoms with van der Waals surface area (Å²) in [6.07, 6.45) is -0.725. The van der Waals surface area contributed by atoms with Crippen molar-refractivity contribution < 1.29 is 4.39 Å². The molecule has 1 unspecified atom stereocenters. The van der Waals surface area contributed by atoms with Crippen LogP contribution in [0.1, 0.15) is 34.6 Å². The number of nitrogens with zero attached hydrogens (tertiary/aromatic N) is 2. The maximum absolute atomic E-state index is 14.0. The monoisotopic (exact) mass is 216 g/mol. The van der Waals surface area contributed by atoms with Crippen LogP contribution in [-0.2, 0) is 0 Å². The van der Waals surface area contributed by atoms with E-state index in [2.05, 4.69) is 37.5 Å². The summed E-state index contributed by atoms with van der Waals surface area (Å²) in [7, 11) is 0. The third kappa shape index (κ3) is 3.15. The molecule has 0 amide bonds. The van der Waals surface area contributed by atoms with Gasteiger partial charge in [-0.3, -0.25) is 9.80 Å². The van der Waals surface area contributed by atoms with Crippen molar-refractivity contribution in [1.82, 2.24) is 9.80 Å². The van der Waals surface area contributed by atoms with E-state index in [0.717, 1.165) is 13.1 Å². The van der Waals surface area contributed by atoms with Gasteiger partial charge < -0.3 is 0 Å². The molecule has 1 saturated heterocycles. The molecule has 2 nitrogen and oxygen atoms in total. The van der Waals surface area contributed by atoms with E-state index in [1.54, 1.807) is 0 Å². The second-order valence-electron chi connectivity index (χ2n) is 5.18. The van der Waals surface area contributed by atoms with Gasteiger partial charge in [0.15, 0.2) is 0 Å². The molecule has 0 aliphatic carbocycles. The largest absolute Gasteiger partial charge is 0.297 e. The third-order valence-corrected chi connectivity index (χ3v) is 3.49. The number of hydrogen-bond donors (Lipinski definition) is 0. The fourth-order valence-electron chi connectivity index (χ4n) is 2.32. The molecule has 0 N–H and O–H groups in total. The summed E-state index contributed by atoms with van der Waals surface area (Å²) >= 11 is 0. The second-order valence-corrected chi connectivity index (χ2v) is 5.18. The van der Waals surface area contributed by atoms with Gasteiger partial charge in [0.25, 0.3) is 0 Å². The van der Waals surface area contributed by atoms with Gasteiger partial charge in [-0.05, 0) is 34.6 Å². The standard InChI is InChI=1S/C12H25FN2/c1-9(2)14-6-7-15(10(3)4)11(5)12(13)8-14/h9-12H,6-8H2,1-5H3/t11-,12?/m1/s1. The van der Waals surface area contributed by atoms with E-state index >= 15 is 0 Å². The maximum Gasteiger partial charge on any atom is 0.128 e. The van der Waals surface area contributed by atoms with E-state index in [1.807, 2.05) is 6.92 Å². The minimum atomic E-state index is -0.725. The molecule has 0 aromatic carbocycles. The summed E-state index contributed by atoms with van der Waals surface area (Å²) in [5.41, 5.74) is 0. The minimum absolute atomic E-state index is 0.0498. The second kappa shape index (κ2) is 5.26. The van der Waals surface area contributed by atoms with Crippen LogP contribution in [0, 0.1) is 0 Å². The number of hydrogen-bond acceptors (Lipinski definition) is 2. The van der Waals surface area contributed by atoms with Crippen LogP contribution in [0.25, 0.3) is 0 Å². The van der Waals surface area contributed by atoms with Crippen molar-refractivity contribution >= 4 is 0 Å². The van der Waals surface area contributed by atoms with Crippen molar-refractivity contribution in [1.29, 1.82) is 0 Å². The Hall–Kier alpha value is -0.150. The van der Waals surface area contributed by atoms with Crippen molar-refractivity contribution in [2.45, 2.75) is 58.9 Å². The Morgan fingerprint density at radius 3 is 2.13 bits per heavy atom. The Kier molecular flexibility index (Phi) is 4.53. The molecule has 1 heterocycles. The van der Waals surface area contributed by atoms with Crippen LogP contribution in [0.15, 0.2) is 0 Å². The predicted molar refractivity (Wildman–Crippen MR) is 62.9 cm³/mol. The summed E-state index contributed by atoms with van der Waals surface area (Å²) < 4.78 is 14.0. The lowest BCUT2D eigenvalue weighted by Crippen LogP contribution is -2.44. The Labute approximate surface area is 93.4 Å². The van der Waals surface area contributed by atoms with Crippen LogP contribution < -0.4 is 0 Å². The highest BCUT2D eigenvalue weighted by molar-refractivity contribution is 4.85. The third-order valence-electron chi connectivity index (χ3n) is 3.49. The molecule has 0 aromatic rings. The molecule has 0 bridgehead atoms. The first-order valence-corrected chi connectivity index (χ1v) is 6.07. The molecular formula is C12H25FN2. The van der Waals surface area contributed by atoms with Crippen LogP contribution in [-0.4, -0.2) is 53.7 Å². The quantitative estimate of drug-likeness (QED) is 0.698. The summed E-state index contributed by atoms with van der Waals surface area (Å²) in [6, 6.07) is 0.932. The highest BCUT2D eigenvalue weighted by Crippen LogP contribution is 2.18. The first kappa shape index (κ1) is 12.9. The van der Waals surface area contributed by atoms with E-state index in [-0.39, 0.29) is 6.04 Å². The van der Waals surface area contributed by atoms with E-state index in [1.165, 1.54) is 0 Å². The summed E-state index contributed by atoms with van der Waals surface area (Å²) in [6.45, 7) is 13.1. The molecule has 15 heavy (non-hydrogen) atoms. The summed E-state index contributed by atoms with van der Waals surface area (Å²) in [5, 5.41) is 0. The lowest BCUT2D eigenvalue weighted by molar-refractivity contribution is 0.110. The highest BCUT2D eigenvalue weighted by atomic mass is 19.1. The van der Waals surface area contributed by atoms with Crippen molar-refractivity contribution in [2.75, 3.05) is 19.6 Å². The van der Waals surface area contributed by atoms with E-state index in [0.29, 0.717) is 18.6 Å². The lowest BCUT2D eigenvalue weighted by atomic mass is 10.1. The van der Waals surface area contributed by atoms with Gasteiger partial charge in [0.05, 0.1) is 0 Å². The Bertz CT molecular complexity index is 194. The summed E-state index contributed by atoms with van der Waals surface area (Å²) in [4.78, 5) is 4.51. The first-order valence-electron chi connectivity index (χ1n) is 6.07. The SMILES string of the molecule is CC(C)N1CCN(C(C)C)[C@H](C)C(F)C1. The zero-order valence-corrected chi connectivity index (χ0v) is 10.7. The molecule has 0 aromatic heterocycles. The average Bonchev–Trinajstić information content (AvgIpc) is 2.27. The lowest BCUT2D eigenvalue weighted by Gasteiger charge is -2.31. The normalized spacial score (nSPS) is 31.2. The molecule has 1 aliphatic rings. The molecule has 0 saturated carbocycles. The van der Waals surface area contributed by atoms with E-state index in [9.17, 15) is 4.39 Å². The maximum atomic E-state index is 14.0. The molecule has 1 rings (SSSR count). The van der Waals surface area contributed by atoms with Crippen molar-refractivity contribution in [3.8, 4) is 0 Å². The fourth-order valence-corrected chi connectivity index (χ4v) is 2.32. The Balaban J connectivity index is 2.68. The van der Waals surface area contributed by atoms with E-state index < -0.39 is 6.17 Å². The van der Waals surface area contributed by atoms with Crippen LogP contribution in [0.2, 0.25) is 0 Å². The van der Waals surface area contributed by atoms with Crippen molar-refractivity contribution in [2.24, 2.45) is 0 Å². The van der Waals surface area contributed by atoms with Crippen LogP contribution in [0.3, 0.4) is 0 Å². The van der Waals surface area contributed by atoms with Gasteiger partial charge in [-0.2, -0.15) is 0 Å². The van der Waals surface area contributed by atoms with Gasteiger partial charge in [-0.25, -0.2) is 4.39 Å². The first-order chi connectivity index (χ1) is 6.93. The Morgan fingerprint density at radius 1 is 1.07 bits per heavy atom. The Morgan fingerprint density at radius 2 is 1.67 bits per heavy atom. The van der Waals surface area contributed by atoms with Gasteiger partial charge in [0.1, 0.15) is 6.17 Å². The van der Waals surface area contributed by atoms with Crippen LogP contribution >= 0.6 is 0 Å². The predicted octanol–water partition coefficient (Wildman–Crippen LogP) is 2.15. The number of alkyl halides is 1. The fraction of sp³-hybridized carbons (Fsp3) is 1.00. The smallest absolute Gasteiger partial charge is 0.128 e.